The Bertz CT molecular complexity index is 1370. The molecule has 0 saturated heterocycles. The van der Waals surface area contributed by atoms with Gasteiger partial charge < -0.3 is 19.5 Å². The number of hydrazone groups is 1. The zero-order chi connectivity index (χ0) is 27.1. The highest BCUT2D eigenvalue weighted by atomic mass is 32.1. The van der Waals surface area contributed by atoms with Gasteiger partial charge in [-0.3, -0.25) is 9.59 Å². The second-order valence-electron chi connectivity index (χ2n) is 8.26. The molecule has 3 aromatic rings. The van der Waals surface area contributed by atoms with Crippen molar-refractivity contribution in [3.63, 3.8) is 0 Å². The second kappa shape index (κ2) is 12.3. The van der Waals surface area contributed by atoms with Crippen LogP contribution >= 0.6 is 11.3 Å². The fourth-order valence-electron chi connectivity index (χ4n) is 3.91. The molecule has 0 saturated carbocycles. The summed E-state index contributed by atoms with van der Waals surface area (Å²) in [6.45, 7) is 2.14. The van der Waals surface area contributed by atoms with E-state index in [1.165, 1.54) is 36.8 Å². The highest BCUT2D eigenvalue weighted by Crippen LogP contribution is 2.39. The van der Waals surface area contributed by atoms with Gasteiger partial charge in [-0.15, -0.1) is 11.3 Å². The van der Waals surface area contributed by atoms with Crippen molar-refractivity contribution in [3.8, 4) is 11.5 Å². The monoisotopic (exact) mass is 539 g/mol. The smallest absolute Gasteiger partial charge is 0.341 e. The summed E-state index contributed by atoms with van der Waals surface area (Å²) in [6, 6.07) is 11.0. The maximum absolute atomic E-state index is 13.1. The molecule has 198 valence electrons. The largest absolute Gasteiger partial charge is 0.493 e. The Morgan fingerprint density at radius 2 is 1.87 bits per heavy atom. The Morgan fingerprint density at radius 3 is 2.61 bits per heavy atom. The molecule has 4 rings (SSSR count). The number of hydrogen-bond acceptors (Lipinski definition) is 8. The van der Waals surface area contributed by atoms with Crippen molar-refractivity contribution < 1.29 is 33.0 Å². The van der Waals surface area contributed by atoms with E-state index in [-0.39, 0.29) is 19.0 Å². The van der Waals surface area contributed by atoms with E-state index in [1.807, 2.05) is 0 Å². The van der Waals surface area contributed by atoms with E-state index < -0.39 is 17.8 Å². The molecule has 2 amide bonds. The fourth-order valence-corrected chi connectivity index (χ4v) is 5.19. The van der Waals surface area contributed by atoms with Crippen LogP contribution in [0.3, 0.4) is 0 Å². The predicted molar refractivity (Wildman–Crippen MR) is 140 cm³/mol. The number of methoxy groups -OCH3 is 1. The Morgan fingerprint density at radius 1 is 1.08 bits per heavy atom. The van der Waals surface area contributed by atoms with Gasteiger partial charge in [-0.25, -0.2) is 14.6 Å². The number of thiophene rings is 1. The molecule has 1 heterocycles. The van der Waals surface area contributed by atoms with Gasteiger partial charge in [-0.05, 0) is 73.2 Å². The molecular formula is C27H26FN3O6S. The average Bonchev–Trinajstić information content (AvgIpc) is 3.49. The summed E-state index contributed by atoms with van der Waals surface area (Å²) in [5.74, 6) is -1.88. The third kappa shape index (κ3) is 6.35. The number of rotatable bonds is 9. The number of hydrogen-bond donors (Lipinski definition) is 2. The molecule has 1 aliphatic carbocycles. The summed E-state index contributed by atoms with van der Waals surface area (Å²) in [7, 11) is 1.48. The van der Waals surface area contributed by atoms with E-state index >= 15 is 0 Å². The molecule has 11 heteroatoms. The maximum atomic E-state index is 13.1. The van der Waals surface area contributed by atoms with Gasteiger partial charge in [0.2, 0.25) is 0 Å². The van der Waals surface area contributed by atoms with Crippen molar-refractivity contribution in [2.24, 2.45) is 5.10 Å². The van der Waals surface area contributed by atoms with E-state index in [0.717, 1.165) is 35.3 Å². The number of esters is 1. The molecule has 0 radical (unpaired) electrons. The Labute approximate surface area is 222 Å². The Kier molecular flexibility index (Phi) is 8.70. The predicted octanol–water partition coefficient (Wildman–Crippen LogP) is 4.23. The van der Waals surface area contributed by atoms with Gasteiger partial charge in [0.25, 0.3) is 0 Å². The first kappa shape index (κ1) is 26.8. The number of carbonyl (C=O) groups is 3. The van der Waals surface area contributed by atoms with Crippen LogP contribution in [0.15, 0.2) is 47.6 Å². The minimum atomic E-state index is -0.990. The summed E-state index contributed by atoms with van der Waals surface area (Å²) < 4.78 is 29.3. The summed E-state index contributed by atoms with van der Waals surface area (Å²) in [5.41, 5.74) is 4.75. The molecule has 0 fully saturated rings. The van der Waals surface area contributed by atoms with Gasteiger partial charge in [-0.1, -0.05) is 12.1 Å². The van der Waals surface area contributed by atoms with Gasteiger partial charge in [0.05, 0.1) is 25.5 Å². The number of aryl methyl sites for hydroxylation is 1. The number of fused-ring (bicyclic) bond motifs is 1. The minimum Gasteiger partial charge on any atom is -0.493 e. The van der Waals surface area contributed by atoms with Crippen molar-refractivity contribution in [1.82, 2.24) is 5.43 Å². The SMILES string of the molecule is CCOC(=O)c1c(NC(=O)C(=O)NN=Cc2ccc(OCc3ccc(F)cc3)c(OC)c2)sc2c1CCC2. The van der Waals surface area contributed by atoms with Crippen molar-refractivity contribution in [3.05, 3.63) is 75.4 Å². The number of anilines is 1. The fraction of sp³-hybridized carbons (Fsp3) is 0.259. The number of ether oxygens (including phenoxy) is 3. The van der Waals surface area contributed by atoms with Crippen LogP contribution < -0.4 is 20.2 Å². The first-order valence-electron chi connectivity index (χ1n) is 11.9. The highest BCUT2D eigenvalue weighted by molar-refractivity contribution is 7.17. The van der Waals surface area contributed by atoms with Crippen molar-refractivity contribution in [1.29, 1.82) is 0 Å². The van der Waals surface area contributed by atoms with Crippen molar-refractivity contribution in [2.45, 2.75) is 32.8 Å². The molecular weight excluding hydrogens is 513 g/mol. The number of amides is 2. The van der Waals surface area contributed by atoms with E-state index in [1.54, 1.807) is 37.3 Å². The minimum absolute atomic E-state index is 0.207. The van der Waals surface area contributed by atoms with Crippen LogP contribution in [0.4, 0.5) is 9.39 Å². The lowest BCUT2D eigenvalue weighted by Gasteiger charge is -2.11. The average molecular weight is 540 g/mol. The maximum Gasteiger partial charge on any atom is 0.341 e. The van der Waals surface area contributed by atoms with Crippen LogP contribution in [-0.4, -0.2) is 37.7 Å². The quantitative estimate of drug-likeness (QED) is 0.182. The Balaban J connectivity index is 1.35. The normalized spacial score (nSPS) is 12.2. The molecule has 0 aliphatic heterocycles. The van der Waals surface area contributed by atoms with Crippen LogP contribution in [0.1, 0.15) is 45.3 Å². The summed E-state index contributed by atoms with van der Waals surface area (Å²) in [6.07, 6.45) is 3.83. The second-order valence-corrected chi connectivity index (χ2v) is 9.37. The molecule has 2 aromatic carbocycles. The molecule has 1 aliphatic rings. The molecule has 0 bridgehead atoms. The highest BCUT2D eigenvalue weighted by Gasteiger charge is 2.29. The summed E-state index contributed by atoms with van der Waals surface area (Å²) in [4.78, 5) is 38.2. The van der Waals surface area contributed by atoms with E-state index in [0.29, 0.717) is 27.6 Å². The standard InChI is InChI=1S/C27H26FN3O6S/c1-3-36-27(34)23-19-5-4-6-22(19)38-26(23)30-24(32)25(33)31-29-14-17-9-12-20(21(13-17)35-2)37-15-16-7-10-18(28)11-8-16/h7-14H,3-6,15H2,1-2H3,(H,30,32)(H,31,33). The van der Waals surface area contributed by atoms with E-state index in [9.17, 15) is 18.8 Å². The Hall–Kier alpha value is -4.25. The van der Waals surface area contributed by atoms with Crippen molar-refractivity contribution >= 4 is 40.3 Å². The first-order valence-corrected chi connectivity index (χ1v) is 12.7. The van der Waals surface area contributed by atoms with Gasteiger partial charge in [0.15, 0.2) is 11.5 Å². The van der Waals surface area contributed by atoms with Crippen LogP contribution in [0, 0.1) is 5.82 Å². The molecule has 9 nitrogen and oxygen atoms in total. The first-order chi connectivity index (χ1) is 18.4. The molecule has 0 atom stereocenters. The van der Waals surface area contributed by atoms with Crippen LogP contribution in [0.2, 0.25) is 0 Å². The number of nitrogens with one attached hydrogen (secondary N) is 2. The molecule has 1 aromatic heterocycles. The van der Waals surface area contributed by atoms with Gasteiger partial charge in [-0.2, -0.15) is 5.10 Å². The lowest BCUT2D eigenvalue weighted by molar-refractivity contribution is -0.136. The number of halogens is 1. The zero-order valence-corrected chi connectivity index (χ0v) is 21.7. The number of benzene rings is 2. The van der Waals surface area contributed by atoms with E-state index in [2.05, 4.69) is 15.8 Å². The molecule has 0 spiro atoms. The third-order valence-electron chi connectivity index (χ3n) is 5.71. The van der Waals surface area contributed by atoms with Crippen LogP contribution in [-0.2, 0) is 33.8 Å². The van der Waals surface area contributed by atoms with Crippen LogP contribution in [0.5, 0.6) is 11.5 Å². The molecule has 0 unspecified atom stereocenters. The zero-order valence-electron chi connectivity index (χ0n) is 20.8. The lowest BCUT2D eigenvalue weighted by Crippen LogP contribution is -2.32. The van der Waals surface area contributed by atoms with Gasteiger partial charge in [0.1, 0.15) is 17.4 Å². The lowest BCUT2D eigenvalue weighted by atomic mass is 10.1. The summed E-state index contributed by atoms with van der Waals surface area (Å²) >= 11 is 1.28. The van der Waals surface area contributed by atoms with Gasteiger partial charge >= 0.3 is 17.8 Å². The number of nitrogens with zero attached hydrogens (tertiary/aromatic N) is 1. The topological polar surface area (TPSA) is 115 Å². The number of carbonyl (C=O) groups excluding carboxylic acids is 3. The molecule has 2 N–H and O–H groups in total. The van der Waals surface area contributed by atoms with Gasteiger partial charge in [0, 0.05) is 4.88 Å². The summed E-state index contributed by atoms with van der Waals surface area (Å²) in [5, 5.41) is 6.67. The van der Waals surface area contributed by atoms with Crippen molar-refractivity contribution in [2.75, 3.05) is 19.0 Å². The van der Waals surface area contributed by atoms with Crippen LogP contribution in [0.25, 0.3) is 0 Å². The third-order valence-corrected chi connectivity index (χ3v) is 6.92. The molecule has 38 heavy (non-hydrogen) atoms. The van der Waals surface area contributed by atoms with E-state index in [4.69, 9.17) is 14.2 Å².